The first-order chi connectivity index (χ1) is 20.6. The van der Waals surface area contributed by atoms with Crippen LogP contribution in [0.4, 0.5) is 8.78 Å². The van der Waals surface area contributed by atoms with E-state index in [1.807, 2.05) is 0 Å². The molecule has 3 aromatic rings. The van der Waals surface area contributed by atoms with Gasteiger partial charge in [-0.05, 0) is 57.5 Å². The zero-order chi connectivity index (χ0) is 32.9. The molecule has 44 heavy (non-hydrogen) atoms. The summed E-state index contributed by atoms with van der Waals surface area (Å²) in [6, 6.07) is 9.75. The van der Waals surface area contributed by atoms with Crippen molar-refractivity contribution < 1.29 is 46.9 Å². The van der Waals surface area contributed by atoms with Gasteiger partial charge >= 0.3 is 23.9 Å². The summed E-state index contributed by atoms with van der Waals surface area (Å²) >= 11 is 0. The first kappa shape index (κ1) is 32.9. The molecule has 3 aromatic carbocycles. The van der Waals surface area contributed by atoms with Crippen LogP contribution in [0, 0.1) is 11.6 Å². The second kappa shape index (κ2) is 13.6. The smallest absolute Gasteiger partial charge is 0.338 e. The van der Waals surface area contributed by atoms with Gasteiger partial charge in [-0.3, -0.25) is 0 Å². The van der Waals surface area contributed by atoms with Gasteiger partial charge in [-0.25, -0.2) is 28.0 Å². The molecule has 0 amide bonds. The van der Waals surface area contributed by atoms with E-state index in [1.165, 1.54) is 58.0 Å². The van der Waals surface area contributed by atoms with Gasteiger partial charge in [-0.1, -0.05) is 38.4 Å². The number of esters is 4. The number of halogens is 2. The van der Waals surface area contributed by atoms with Crippen molar-refractivity contribution in [2.24, 2.45) is 0 Å². The lowest BCUT2D eigenvalue weighted by Crippen LogP contribution is -2.12. The molecule has 0 aliphatic heterocycles. The third-order valence-electron chi connectivity index (χ3n) is 5.77. The van der Waals surface area contributed by atoms with E-state index in [1.54, 1.807) is 0 Å². The molecule has 0 bridgehead atoms. The van der Waals surface area contributed by atoms with Crippen LogP contribution in [0.15, 0.2) is 97.1 Å². The molecule has 0 aromatic heterocycles. The average molecular weight is 603 g/mol. The van der Waals surface area contributed by atoms with Crippen molar-refractivity contribution in [2.45, 2.75) is 27.7 Å². The largest absolute Gasteiger partial charge is 0.423 e. The summed E-state index contributed by atoms with van der Waals surface area (Å²) in [5, 5.41) is 0. The third-order valence-corrected chi connectivity index (χ3v) is 5.77. The van der Waals surface area contributed by atoms with E-state index in [0.29, 0.717) is 0 Å². The Kier molecular flexibility index (Phi) is 10.1. The predicted molar refractivity (Wildman–Crippen MR) is 159 cm³/mol. The molecule has 0 N–H and O–H groups in total. The normalized spacial score (nSPS) is 10.3. The molecule has 0 atom stereocenters. The number of benzene rings is 3. The molecule has 0 aliphatic carbocycles. The number of hydrogen-bond acceptors (Lipinski definition) is 8. The van der Waals surface area contributed by atoms with Crippen molar-refractivity contribution in [3.63, 3.8) is 0 Å². The lowest BCUT2D eigenvalue weighted by molar-refractivity contribution is -0.131. The maximum Gasteiger partial charge on any atom is 0.338 e. The van der Waals surface area contributed by atoms with E-state index in [4.69, 9.17) is 18.9 Å². The maximum absolute atomic E-state index is 15.7. The topological polar surface area (TPSA) is 105 Å². The standard InChI is InChI=1S/C34H28F2O8/c1-17(2)31(37)41-22-10-12-23(28(14-22)42-32(38)18(3)4)21-9-11-24(26(35)13-21)25-15-27(36)30(44-34(40)20(7)8)16-29(25)43-33(39)19(5)6/h9-16H,1,3,5,7H2,2,4,6,8H3. The van der Waals surface area contributed by atoms with Gasteiger partial charge in [0.2, 0.25) is 0 Å². The zero-order valence-corrected chi connectivity index (χ0v) is 24.5. The van der Waals surface area contributed by atoms with E-state index in [9.17, 15) is 19.2 Å². The molecule has 0 fully saturated rings. The van der Waals surface area contributed by atoms with Gasteiger partial charge < -0.3 is 18.9 Å². The summed E-state index contributed by atoms with van der Waals surface area (Å²) in [5.41, 5.74) is 0.326. The SMILES string of the molecule is C=C(C)C(=O)Oc1ccc(-c2ccc(-c3cc(F)c(OC(=O)C(=C)C)cc3OC(=O)C(=C)C)c(F)c2)c(OC(=O)C(=C)C)c1. The Morgan fingerprint density at radius 1 is 0.500 bits per heavy atom. The van der Waals surface area contributed by atoms with Crippen LogP contribution in [0.25, 0.3) is 22.3 Å². The molecule has 0 saturated heterocycles. The van der Waals surface area contributed by atoms with Crippen LogP contribution in [0.5, 0.6) is 23.0 Å². The molecule has 226 valence electrons. The summed E-state index contributed by atoms with van der Waals surface area (Å²) < 4.78 is 51.7. The Hall–Kier alpha value is -5.64. The molecule has 0 saturated carbocycles. The minimum absolute atomic E-state index is 0.00536. The molecule has 3 rings (SSSR count). The molecule has 10 heteroatoms. The summed E-state index contributed by atoms with van der Waals surface area (Å²) in [6.45, 7) is 19.6. The van der Waals surface area contributed by atoms with Crippen molar-refractivity contribution in [3.05, 3.63) is 109 Å². The summed E-state index contributed by atoms with van der Waals surface area (Å²) in [4.78, 5) is 48.7. The highest BCUT2D eigenvalue weighted by atomic mass is 19.1. The van der Waals surface area contributed by atoms with Crippen molar-refractivity contribution in [1.29, 1.82) is 0 Å². The Balaban J connectivity index is 2.13. The van der Waals surface area contributed by atoms with Crippen molar-refractivity contribution in [1.82, 2.24) is 0 Å². The van der Waals surface area contributed by atoms with Crippen LogP contribution < -0.4 is 18.9 Å². The predicted octanol–water partition coefficient (Wildman–Crippen LogP) is 7.22. The second-order valence-corrected chi connectivity index (χ2v) is 9.81. The van der Waals surface area contributed by atoms with Crippen LogP contribution >= 0.6 is 0 Å². The highest BCUT2D eigenvalue weighted by Gasteiger charge is 2.22. The van der Waals surface area contributed by atoms with E-state index in [-0.39, 0.29) is 61.8 Å². The van der Waals surface area contributed by atoms with Crippen LogP contribution in [-0.2, 0) is 19.2 Å². The summed E-state index contributed by atoms with van der Waals surface area (Å²) in [6.07, 6.45) is 0. The maximum atomic E-state index is 15.7. The Morgan fingerprint density at radius 3 is 1.45 bits per heavy atom. The van der Waals surface area contributed by atoms with E-state index >= 15 is 8.78 Å². The van der Waals surface area contributed by atoms with Crippen molar-refractivity contribution in [3.8, 4) is 45.3 Å². The minimum Gasteiger partial charge on any atom is -0.423 e. The Labute approximate surface area is 252 Å². The fraction of sp³-hybridized carbons (Fsp3) is 0.118. The van der Waals surface area contributed by atoms with Gasteiger partial charge in [-0.15, -0.1) is 0 Å². The molecule has 0 heterocycles. The number of ether oxygens (including phenoxy) is 4. The number of rotatable bonds is 10. The molecular weight excluding hydrogens is 574 g/mol. The second-order valence-electron chi connectivity index (χ2n) is 9.81. The van der Waals surface area contributed by atoms with Crippen LogP contribution in [0.2, 0.25) is 0 Å². The fourth-order valence-electron chi connectivity index (χ4n) is 3.45. The third kappa shape index (κ3) is 7.80. The van der Waals surface area contributed by atoms with Gasteiger partial charge in [0.1, 0.15) is 23.1 Å². The van der Waals surface area contributed by atoms with Crippen molar-refractivity contribution in [2.75, 3.05) is 0 Å². The Morgan fingerprint density at radius 2 is 0.955 bits per heavy atom. The highest BCUT2D eigenvalue weighted by Crippen LogP contribution is 2.40. The Bertz CT molecular complexity index is 1770. The average Bonchev–Trinajstić information content (AvgIpc) is 2.94. The molecule has 0 aliphatic rings. The van der Waals surface area contributed by atoms with Gasteiger partial charge in [0.15, 0.2) is 11.6 Å². The number of hydrogen-bond donors (Lipinski definition) is 0. The van der Waals surface area contributed by atoms with Crippen LogP contribution in [0.1, 0.15) is 27.7 Å². The summed E-state index contributed by atoms with van der Waals surface area (Å²) in [7, 11) is 0. The van der Waals surface area contributed by atoms with Gasteiger partial charge in [0.25, 0.3) is 0 Å². The summed E-state index contributed by atoms with van der Waals surface area (Å²) in [5.74, 6) is -6.12. The monoisotopic (exact) mass is 602 g/mol. The van der Waals surface area contributed by atoms with E-state index in [0.717, 1.165) is 18.2 Å². The van der Waals surface area contributed by atoms with Gasteiger partial charge in [0.05, 0.1) is 0 Å². The van der Waals surface area contributed by atoms with Crippen molar-refractivity contribution >= 4 is 23.9 Å². The van der Waals surface area contributed by atoms with Gasteiger partial charge in [-0.2, -0.15) is 0 Å². The molecule has 0 unspecified atom stereocenters. The minimum atomic E-state index is -1.04. The van der Waals surface area contributed by atoms with Gasteiger partial charge in [0, 0.05) is 51.1 Å². The first-order valence-corrected chi connectivity index (χ1v) is 12.9. The molecule has 8 nitrogen and oxygen atoms in total. The molecule has 0 spiro atoms. The number of carbonyl (C=O) groups is 4. The first-order valence-electron chi connectivity index (χ1n) is 12.9. The fourth-order valence-corrected chi connectivity index (χ4v) is 3.45. The lowest BCUT2D eigenvalue weighted by Gasteiger charge is -2.16. The highest BCUT2D eigenvalue weighted by molar-refractivity contribution is 5.93. The molecular formula is C34H28F2O8. The number of carbonyl (C=O) groups excluding carboxylic acids is 4. The van der Waals surface area contributed by atoms with Crippen LogP contribution in [0.3, 0.4) is 0 Å². The van der Waals surface area contributed by atoms with Crippen LogP contribution in [-0.4, -0.2) is 23.9 Å². The lowest BCUT2D eigenvalue weighted by atomic mass is 9.98. The van der Waals surface area contributed by atoms with E-state index < -0.39 is 41.3 Å². The quantitative estimate of drug-likeness (QED) is 0.136. The molecule has 0 radical (unpaired) electrons. The zero-order valence-electron chi connectivity index (χ0n) is 24.5. The van der Waals surface area contributed by atoms with E-state index in [2.05, 4.69) is 26.3 Å².